The average Bonchev–Trinajstić information content (AvgIpc) is 1.81. The monoisotopic (exact) mass is 1340 g/mol. The number of hydrogen-bond acceptors (Lipinski definition) is 17. The minimum absolute atomic E-state index is 0.0339. The second-order valence-electron chi connectivity index (χ2n) is 27.0. The van der Waals surface area contributed by atoms with Crippen molar-refractivity contribution in [2.45, 2.75) is 214 Å². The maximum Gasteiger partial charge on any atom is 0.408 e. The van der Waals surface area contributed by atoms with Crippen LogP contribution in [0.1, 0.15) is 175 Å². The van der Waals surface area contributed by atoms with Crippen LogP contribution in [0.4, 0.5) is 15.3 Å². The van der Waals surface area contributed by atoms with Crippen LogP contribution in [-0.2, 0) is 65.6 Å². The number of rotatable bonds is 43. The molecule has 2 heterocycles. The summed E-state index contributed by atoms with van der Waals surface area (Å²) in [4.78, 5) is 145. The van der Waals surface area contributed by atoms with Crippen LogP contribution in [0.15, 0.2) is 66.2 Å². The number of carbonyl (C=O) groups is 10. The fraction of sp³-hybridized carbons (Fsp3) is 0.648. The fourth-order valence-electron chi connectivity index (χ4n) is 12.5. The van der Waals surface area contributed by atoms with E-state index in [-0.39, 0.29) is 111 Å². The van der Waals surface area contributed by atoms with Gasteiger partial charge in [0.1, 0.15) is 18.2 Å². The second kappa shape index (κ2) is 39.9. The highest BCUT2D eigenvalue weighted by molar-refractivity contribution is 7.09. The van der Waals surface area contributed by atoms with E-state index in [2.05, 4.69) is 38.4 Å². The van der Waals surface area contributed by atoms with Crippen molar-refractivity contribution in [1.82, 2.24) is 30.7 Å². The maximum atomic E-state index is 14.8. The van der Waals surface area contributed by atoms with Crippen molar-refractivity contribution in [3.05, 3.63) is 82.3 Å². The third-order valence-electron chi connectivity index (χ3n) is 18.6. The third-order valence-corrected chi connectivity index (χ3v) is 19.6. The van der Waals surface area contributed by atoms with E-state index in [0.29, 0.717) is 69.3 Å². The summed E-state index contributed by atoms with van der Waals surface area (Å²) in [5, 5.41) is 13.7. The largest absolute Gasteiger partial charge is 0.445 e. The molecule has 3 aromatic rings. The molecule has 1 aromatic heterocycles. The number of amides is 7. The van der Waals surface area contributed by atoms with Crippen molar-refractivity contribution in [2.24, 2.45) is 58.6 Å². The van der Waals surface area contributed by atoms with Gasteiger partial charge in [-0.05, 0) is 113 Å². The summed E-state index contributed by atoms with van der Waals surface area (Å²) in [5.74, 6) is -6.35. The summed E-state index contributed by atoms with van der Waals surface area (Å²) in [6, 6.07) is 13.1. The van der Waals surface area contributed by atoms with Crippen LogP contribution in [0.25, 0.3) is 0 Å². The quantitative estimate of drug-likeness (QED) is 0.0261. The molecule has 95 heavy (non-hydrogen) atoms. The van der Waals surface area contributed by atoms with Crippen LogP contribution in [0.5, 0.6) is 0 Å². The lowest BCUT2D eigenvalue weighted by molar-refractivity contribution is -0.149. The Labute approximate surface area is 567 Å². The zero-order valence-corrected chi connectivity index (χ0v) is 59.3. The van der Waals surface area contributed by atoms with Gasteiger partial charge in [-0.3, -0.25) is 38.4 Å². The Balaban J connectivity index is 1.38. The number of anilines is 1. The lowest BCUT2D eigenvalue weighted by atomic mass is 9.83. The van der Waals surface area contributed by atoms with E-state index in [0.717, 1.165) is 17.0 Å². The molecule has 0 aliphatic carbocycles. The van der Waals surface area contributed by atoms with Crippen LogP contribution in [-0.4, -0.2) is 156 Å². The van der Waals surface area contributed by atoms with Gasteiger partial charge in [-0.2, -0.15) is 0 Å². The van der Waals surface area contributed by atoms with Gasteiger partial charge in [0.25, 0.3) is 0 Å². The Morgan fingerprint density at radius 3 is 2.01 bits per heavy atom. The lowest BCUT2D eigenvalue weighted by Gasteiger charge is -2.41. The Morgan fingerprint density at radius 1 is 0.779 bits per heavy atom. The molecule has 1 aliphatic rings. The number of Topliss-reactive ketones (excluding diaryl/α,β-unsaturated/α-hetero) is 4. The Kier molecular flexibility index (Phi) is 33.8. The van der Waals surface area contributed by atoms with Crippen molar-refractivity contribution in [3.8, 4) is 0 Å². The van der Waals surface area contributed by atoms with Crippen molar-refractivity contribution in [2.75, 3.05) is 46.2 Å². The van der Waals surface area contributed by atoms with Crippen LogP contribution < -0.4 is 38.5 Å². The molecule has 1 aliphatic heterocycles. The zero-order chi connectivity index (χ0) is 70.7. The molecule has 7 amide bonds. The first-order valence-corrected chi connectivity index (χ1v) is 34.7. The number of hydrogen-bond donors (Lipinski definition) is 7. The summed E-state index contributed by atoms with van der Waals surface area (Å²) >= 11 is 1.53. The van der Waals surface area contributed by atoms with Gasteiger partial charge in [0.05, 0.1) is 53.3 Å². The SMILES string of the molecule is CC[C@H](C)[C@@H]([C@@H](CC(=O)N1CCC[C@H]1[C@H](OC)[C@@H](C)C(=O)C[C@@H](Cc1ccccc1)c1nccs1)OC)N(C)C(=O)[C@@H](CC(=O)C(C)(C)NC(=O)OCc1ccc(NC(=O)[C@H](CCCNC(N)=O)CC(=O)[C@@H](NC(=O)[C@H](CCCCN)CC(=O)[C@@H](C)N)C(C)C)cc1)C(C)C. The van der Waals surface area contributed by atoms with Crippen molar-refractivity contribution in [3.63, 3.8) is 0 Å². The number of likely N-dealkylation sites (tertiary alicyclic amines) is 1. The Bertz CT molecular complexity index is 2950. The molecule has 24 heteroatoms. The summed E-state index contributed by atoms with van der Waals surface area (Å²) in [6.07, 6.45) is 4.07. The smallest absolute Gasteiger partial charge is 0.408 e. The van der Waals surface area contributed by atoms with E-state index in [1.165, 1.54) is 18.4 Å². The second-order valence-corrected chi connectivity index (χ2v) is 27.9. The molecule has 0 unspecified atom stereocenters. The van der Waals surface area contributed by atoms with Crippen LogP contribution in [0, 0.1) is 41.4 Å². The molecule has 1 saturated heterocycles. The number of ketones is 4. The number of nitrogens with one attached hydrogen (secondary N) is 4. The van der Waals surface area contributed by atoms with Crippen molar-refractivity contribution in [1.29, 1.82) is 0 Å². The highest BCUT2D eigenvalue weighted by Gasteiger charge is 2.44. The summed E-state index contributed by atoms with van der Waals surface area (Å²) in [6.45, 7) is 18.6. The van der Waals surface area contributed by atoms with Gasteiger partial charge in [0.15, 0.2) is 11.6 Å². The number of alkyl carbamates (subject to hydrolysis) is 1. The molecule has 23 nitrogen and oxygen atoms in total. The van der Waals surface area contributed by atoms with E-state index in [1.807, 2.05) is 63.1 Å². The number of likely N-dealkylation sites (N-methyl/N-ethyl adjacent to an activating group) is 1. The topological polar surface area (TPSA) is 344 Å². The Hall–Kier alpha value is -6.99. The van der Waals surface area contributed by atoms with E-state index in [4.69, 9.17) is 31.4 Å². The van der Waals surface area contributed by atoms with Gasteiger partial charge in [0, 0.05) is 107 Å². The number of carbonyl (C=O) groups excluding carboxylic acids is 10. The number of unbranched alkanes of at least 4 members (excludes halogenated alkanes) is 1. The molecule has 4 rings (SSSR count). The number of urea groups is 1. The lowest BCUT2D eigenvalue weighted by Crippen LogP contribution is -2.55. The van der Waals surface area contributed by atoms with Crippen molar-refractivity contribution < 1.29 is 62.2 Å². The number of primary amides is 1. The van der Waals surface area contributed by atoms with E-state index < -0.39 is 89.3 Å². The highest BCUT2D eigenvalue weighted by Crippen LogP contribution is 2.34. The van der Waals surface area contributed by atoms with Gasteiger partial charge in [-0.15, -0.1) is 11.3 Å². The van der Waals surface area contributed by atoms with Crippen LogP contribution >= 0.6 is 11.3 Å². The van der Waals surface area contributed by atoms with Crippen molar-refractivity contribution >= 4 is 75.9 Å². The minimum Gasteiger partial charge on any atom is -0.445 e. The molecule has 2 aromatic carbocycles. The van der Waals surface area contributed by atoms with E-state index in [1.54, 1.807) is 84.1 Å². The summed E-state index contributed by atoms with van der Waals surface area (Å²) < 4.78 is 17.8. The molecule has 0 bridgehead atoms. The summed E-state index contributed by atoms with van der Waals surface area (Å²) in [7, 11) is 4.80. The maximum absolute atomic E-state index is 14.8. The molecule has 12 atom stereocenters. The molecule has 528 valence electrons. The first-order chi connectivity index (χ1) is 45.0. The molecule has 0 radical (unpaired) electrons. The van der Waals surface area contributed by atoms with Crippen LogP contribution in [0.2, 0.25) is 0 Å². The number of aromatic nitrogens is 1. The van der Waals surface area contributed by atoms with E-state index >= 15 is 0 Å². The molecular formula is C71H110N10O13S. The third kappa shape index (κ3) is 25.2. The molecule has 10 N–H and O–H groups in total. The van der Waals surface area contributed by atoms with Gasteiger partial charge < -0.3 is 62.5 Å². The van der Waals surface area contributed by atoms with Gasteiger partial charge in [0.2, 0.25) is 23.6 Å². The van der Waals surface area contributed by atoms with Gasteiger partial charge in [-0.25, -0.2) is 14.6 Å². The highest BCUT2D eigenvalue weighted by atomic mass is 32.1. The number of thiazole rings is 1. The number of nitrogens with two attached hydrogens (primary N) is 3. The van der Waals surface area contributed by atoms with Gasteiger partial charge >= 0.3 is 12.1 Å². The van der Waals surface area contributed by atoms with Gasteiger partial charge in [-0.1, -0.05) is 104 Å². The first kappa shape index (κ1) is 80.4. The number of methoxy groups -OCH3 is 2. The van der Waals surface area contributed by atoms with Crippen LogP contribution in [0.3, 0.4) is 0 Å². The zero-order valence-electron chi connectivity index (χ0n) is 58.5. The van der Waals surface area contributed by atoms with E-state index in [9.17, 15) is 47.9 Å². The number of benzene rings is 2. The molecular weight excluding hydrogens is 1230 g/mol. The number of ether oxygens (including phenoxy) is 3. The summed E-state index contributed by atoms with van der Waals surface area (Å²) in [5.41, 5.74) is 17.3. The molecule has 0 spiro atoms. The average molecular weight is 1340 g/mol. The molecule has 0 saturated carbocycles. The Morgan fingerprint density at radius 2 is 1.43 bits per heavy atom. The molecule has 1 fully saturated rings. The minimum atomic E-state index is -1.47. The predicted octanol–water partition coefficient (Wildman–Crippen LogP) is 8.44. The first-order valence-electron chi connectivity index (χ1n) is 33.8. The fourth-order valence-corrected chi connectivity index (χ4v) is 13.3. The number of nitrogens with zero attached hydrogens (tertiary/aromatic N) is 3. The normalized spacial score (nSPS) is 16.8. The predicted molar refractivity (Wildman–Crippen MR) is 368 cm³/mol. The standard InChI is InChI=1S/C71H110N10O13S/c1-14-45(6)63(59(92-12)41-61(86)81-34-21-26-55(81)64(93-13)46(7)56(82)39-52(67-75-33-35-95-67)36-48-22-16-15-17-23-48)80(11)68(89)54(43(2)3)40-60(85)71(9,10)79-70(91)94-42-49-27-29-53(30-28-49)77-65(87)51(25-20-32-76-69(74)90)38-58(84)62(44(4)5)78-66(88)50(24-18-19-31-72)37-57(83)47(8)73/h15-17,22-23,27-30,33,35,43-47,50-52,54-55,59,62-64H,14,18-21,24-26,31-32,34,36-42,72-73H2,1-13H3,(H,77,87)(H,78,88)(H,79,91)(H3,74,76,90)/t45-,46-,47+,50+,51+,52+,54-,55-,59+,62-,63-,64+/m0/s1.